The van der Waals surface area contributed by atoms with Crippen molar-refractivity contribution in [1.29, 1.82) is 0 Å². The number of aromatic amines is 2. The van der Waals surface area contributed by atoms with Crippen molar-refractivity contribution in [2.45, 2.75) is 0 Å². The van der Waals surface area contributed by atoms with E-state index in [1.807, 2.05) is 73.0 Å². The van der Waals surface area contributed by atoms with Crippen LogP contribution in [-0.2, 0) is 19.5 Å². The fraction of sp³-hybridized carbons (Fsp3) is 0.0435. The molecule has 2 N–H and O–H groups in total. The van der Waals surface area contributed by atoms with Gasteiger partial charge in [-0.15, -0.1) is 0 Å². The van der Waals surface area contributed by atoms with E-state index in [2.05, 4.69) is 24.9 Å². The molecule has 0 radical (unpaired) electrons. The number of nitrogens with one attached hydrogen (secondary N) is 2. The summed E-state index contributed by atoms with van der Waals surface area (Å²) in [6.45, 7) is 0.597. The van der Waals surface area contributed by atoms with Gasteiger partial charge < -0.3 is 9.97 Å². The molecule has 8 bridgehead atoms. The van der Waals surface area contributed by atoms with Gasteiger partial charge in [-0.3, -0.25) is 4.99 Å². The molecular weight excluding hydrogens is 426 g/mol. The van der Waals surface area contributed by atoms with Gasteiger partial charge in [0.15, 0.2) is 5.84 Å². The number of rotatable bonds is 1. The molecule has 0 amide bonds. The summed E-state index contributed by atoms with van der Waals surface area (Å²) >= 11 is 0. The van der Waals surface area contributed by atoms with Crippen LogP contribution >= 0.6 is 0 Å². The summed E-state index contributed by atoms with van der Waals surface area (Å²) in [6.07, 6.45) is 9.88. The molecule has 0 saturated carbocycles. The van der Waals surface area contributed by atoms with Crippen LogP contribution in [0.5, 0.6) is 0 Å². The minimum atomic E-state index is 0. The molecule has 3 aromatic heterocycles. The molecule has 3 aliphatic rings. The maximum atomic E-state index is 4.82. The number of hydrogen-bond donors (Lipinski definition) is 2. The van der Waals surface area contributed by atoms with Crippen molar-refractivity contribution in [3.8, 4) is 0 Å². The summed E-state index contributed by atoms with van der Waals surface area (Å²) in [7, 11) is 0. The molecule has 6 rings (SSSR count). The van der Waals surface area contributed by atoms with Crippen molar-refractivity contribution in [2.75, 3.05) is 6.54 Å². The maximum absolute atomic E-state index is 4.82. The molecule has 3 aliphatic heterocycles. The van der Waals surface area contributed by atoms with Gasteiger partial charge in [0.2, 0.25) is 0 Å². The van der Waals surface area contributed by atoms with E-state index >= 15 is 0 Å². The third-order valence-electron chi connectivity index (χ3n) is 4.98. The molecule has 0 spiro atoms. The van der Waals surface area contributed by atoms with E-state index in [0.29, 0.717) is 12.4 Å². The Kier molecular flexibility index (Phi) is 4.60. The van der Waals surface area contributed by atoms with Crippen molar-refractivity contribution >= 4 is 58.4 Å². The molecule has 30 heavy (non-hydrogen) atoms. The number of amidine groups is 1. The van der Waals surface area contributed by atoms with Gasteiger partial charge in [-0.2, -0.15) is 0 Å². The Morgan fingerprint density at radius 2 is 1.33 bits per heavy atom. The second-order valence-electron chi connectivity index (χ2n) is 7.03. The molecule has 3 aromatic rings. The van der Waals surface area contributed by atoms with Crippen LogP contribution < -0.4 is 0 Å². The number of aromatic nitrogens is 4. The molecule has 0 aromatic carbocycles. The second kappa shape index (κ2) is 7.43. The van der Waals surface area contributed by atoms with E-state index in [1.165, 1.54) is 0 Å². The third-order valence-corrected chi connectivity index (χ3v) is 4.98. The van der Waals surface area contributed by atoms with Crippen LogP contribution in [0.4, 0.5) is 0 Å². The van der Waals surface area contributed by atoms with Crippen molar-refractivity contribution in [3.63, 3.8) is 0 Å². The number of aliphatic imine (C=N–C) groups is 2. The predicted octanol–water partition coefficient (Wildman–Crippen LogP) is 4.48. The Morgan fingerprint density at radius 1 is 0.700 bits per heavy atom. The van der Waals surface area contributed by atoms with Crippen LogP contribution in [-0.4, -0.2) is 38.5 Å². The summed E-state index contributed by atoms with van der Waals surface area (Å²) < 4.78 is 0. The Morgan fingerprint density at radius 3 is 2.03 bits per heavy atom. The Balaban J connectivity index is 0.00000193. The fourth-order valence-electron chi connectivity index (χ4n) is 3.68. The van der Waals surface area contributed by atoms with Crippen molar-refractivity contribution < 1.29 is 19.5 Å². The normalized spacial score (nSPS) is 14.1. The Bertz CT molecular complexity index is 1430. The van der Waals surface area contributed by atoms with Gasteiger partial charge in [0.1, 0.15) is 0 Å². The van der Waals surface area contributed by atoms with Crippen LogP contribution in [0.3, 0.4) is 0 Å². The molecular formula is C23H16N6Zn. The smallest absolute Gasteiger partial charge is 0.158 e. The monoisotopic (exact) mass is 440 g/mol. The van der Waals surface area contributed by atoms with Crippen LogP contribution in [0.2, 0.25) is 0 Å². The van der Waals surface area contributed by atoms with Crippen molar-refractivity contribution in [3.05, 3.63) is 70.8 Å². The number of nitrogens with zero attached hydrogens (tertiary/aromatic N) is 4. The molecule has 6 nitrogen and oxygen atoms in total. The number of H-pyrrole nitrogens is 2. The molecule has 0 saturated heterocycles. The number of fused-ring (bicyclic) bond motifs is 8. The van der Waals surface area contributed by atoms with E-state index < -0.39 is 0 Å². The summed E-state index contributed by atoms with van der Waals surface area (Å²) in [5, 5.41) is 0. The quantitative estimate of drug-likeness (QED) is 0.376. The largest absolute Gasteiger partial charge is 0.355 e. The molecule has 140 valence electrons. The molecule has 0 unspecified atom stereocenters. The van der Waals surface area contributed by atoms with Crippen molar-refractivity contribution in [1.82, 2.24) is 19.9 Å². The van der Waals surface area contributed by atoms with E-state index in [1.54, 1.807) is 0 Å². The first kappa shape index (κ1) is 18.6. The van der Waals surface area contributed by atoms with Gasteiger partial charge in [0.05, 0.1) is 40.4 Å². The first-order chi connectivity index (χ1) is 14.3. The topological polar surface area (TPSA) is 82.1 Å². The van der Waals surface area contributed by atoms with Gasteiger partial charge in [-0.05, 0) is 66.8 Å². The van der Waals surface area contributed by atoms with Gasteiger partial charge in [0.25, 0.3) is 0 Å². The summed E-state index contributed by atoms with van der Waals surface area (Å²) in [4.78, 5) is 25.4. The van der Waals surface area contributed by atoms with E-state index in [9.17, 15) is 0 Å². The van der Waals surface area contributed by atoms with E-state index in [0.717, 1.165) is 50.4 Å². The Hall–Kier alpha value is -3.44. The second-order valence-corrected chi connectivity index (χ2v) is 7.03. The standard InChI is InChI=1S/C23H16N6.Zn/c1-3-16-12-18-5-7-20(28-18)22(23-24-9-10-25-23)21-8-6-19(29-21)13-17-4-2-15(27-17)11-14(1)26-16;/h1-9,11-13,26,29H,10H2;. The molecule has 0 aliphatic carbocycles. The summed E-state index contributed by atoms with van der Waals surface area (Å²) in [6, 6.07) is 14.3. The molecule has 7 heteroatoms. The zero-order chi connectivity index (χ0) is 19.2. The van der Waals surface area contributed by atoms with E-state index in [-0.39, 0.29) is 19.5 Å². The zero-order valence-corrected chi connectivity index (χ0v) is 19.1. The summed E-state index contributed by atoms with van der Waals surface area (Å²) in [5.74, 6) is 0.703. The van der Waals surface area contributed by atoms with Crippen LogP contribution in [0.1, 0.15) is 28.3 Å². The van der Waals surface area contributed by atoms with Crippen molar-refractivity contribution in [2.24, 2.45) is 9.98 Å². The average Bonchev–Trinajstić information content (AvgIpc) is 3.51. The van der Waals surface area contributed by atoms with Gasteiger partial charge in [-0.25, -0.2) is 15.0 Å². The van der Waals surface area contributed by atoms with Gasteiger partial charge in [-0.1, -0.05) is 0 Å². The average molecular weight is 442 g/mol. The van der Waals surface area contributed by atoms with E-state index in [4.69, 9.17) is 4.98 Å². The molecule has 0 fully saturated rings. The summed E-state index contributed by atoms with van der Waals surface area (Å²) in [5.41, 5.74) is 8.36. The predicted molar refractivity (Wildman–Crippen MR) is 119 cm³/mol. The van der Waals surface area contributed by atoms with Gasteiger partial charge >= 0.3 is 0 Å². The third kappa shape index (κ3) is 3.38. The number of hydrogen-bond acceptors (Lipinski definition) is 4. The molecule has 0 atom stereocenters. The van der Waals surface area contributed by atoms with Crippen LogP contribution in [0.25, 0.3) is 46.4 Å². The SMILES string of the molecule is C1=Cc2cc3ccc([nH]3)c(C3=NCC=N3)c3nc(cc4ccc(cc1n2)[nH]4)C=C3.[Zn]. The van der Waals surface area contributed by atoms with Crippen LogP contribution in [0, 0.1) is 0 Å². The first-order valence-corrected chi connectivity index (χ1v) is 9.45. The molecule has 6 heterocycles. The van der Waals surface area contributed by atoms with Crippen LogP contribution in [0.15, 0.2) is 52.4 Å². The Labute approximate surface area is 185 Å². The maximum Gasteiger partial charge on any atom is 0.158 e. The minimum Gasteiger partial charge on any atom is -0.355 e. The fourth-order valence-corrected chi connectivity index (χ4v) is 3.68. The minimum absolute atomic E-state index is 0. The zero-order valence-electron chi connectivity index (χ0n) is 16.1. The van der Waals surface area contributed by atoms with Gasteiger partial charge in [0, 0.05) is 42.2 Å². The first-order valence-electron chi connectivity index (χ1n) is 9.45.